The molecule has 1 fully saturated rings. The van der Waals surface area contributed by atoms with Gasteiger partial charge in [0.25, 0.3) is 5.91 Å². The van der Waals surface area contributed by atoms with Crippen molar-refractivity contribution < 1.29 is 14.7 Å². The summed E-state index contributed by atoms with van der Waals surface area (Å²) in [7, 11) is 1.74. The first-order chi connectivity index (χ1) is 11.9. The molecule has 1 aliphatic heterocycles. The second kappa shape index (κ2) is 6.52. The van der Waals surface area contributed by atoms with Crippen LogP contribution in [0.1, 0.15) is 34.6 Å². The van der Waals surface area contributed by atoms with Crippen LogP contribution < -0.4 is 0 Å². The number of halogens is 1. The molecule has 0 aliphatic carbocycles. The van der Waals surface area contributed by atoms with Gasteiger partial charge in [-0.05, 0) is 25.3 Å². The fourth-order valence-electron chi connectivity index (χ4n) is 3.34. The van der Waals surface area contributed by atoms with Crippen LogP contribution in [0.3, 0.4) is 0 Å². The summed E-state index contributed by atoms with van der Waals surface area (Å²) >= 11 is 6.21. The smallest absolute Gasteiger partial charge is 0.314 e. The minimum Gasteiger partial charge on any atom is -0.481 e. The first kappa shape index (κ1) is 17.5. The van der Waals surface area contributed by atoms with E-state index in [4.69, 9.17) is 11.6 Å². The van der Waals surface area contributed by atoms with E-state index >= 15 is 0 Å². The van der Waals surface area contributed by atoms with Crippen LogP contribution in [0.4, 0.5) is 0 Å². The molecule has 0 atom stereocenters. The topological polar surface area (TPSA) is 75.4 Å². The SMILES string of the molecule is Cc1c(Cl)c(C(=O)N2CCC(C(=O)O)(c3ccccc3)CC2)nn1C. The minimum atomic E-state index is -0.956. The average Bonchev–Trinajstić information content (AvgIpc) is 2.89. The van der Waals surface area contributed by atoms with E-state index in [2.05, 4.69) is 5.10 Å². The molecule has 1 aromatic heterocycles. The van der Waals surface area contributed by atoms with E-state index < -0.39 is 11.4 Å². The standard InChI is InChI=1S/C18H20ClN3O3/c1-12-14(19)15(20-21(12)2)16(23)22-10-8-18(9-11-22,17(24)25)13-6-4-3-5-7-13/h3-7H,8-11H2,1-2H3,(H,24,25). The lowest BCUT2D eigenvalue weighted by atomic mass is 9.73. The fraction of sp³-hybridized carbons (Fsp3) is 0.389. The third kappa shape index (κ3) is 2.91. The van der Waals surface area contributed by atoms with Crippen LogP contribution in [0, 0.1) is 6.92 Å². The van der Waals surface area contributed by atoms with Gasteiger partial charge in [-0.3, -0.25) is 14.3 Å². The number of aliphatic carboxylic acids is 1. The van der Waals surface area contributed by atoms with Crippen molar-refractivity contribution in [3.63, 3.8) is 0 Å². The first-order valence-corrected chi connectivity index (χ1v) is 8.52. The molecule has 1 saturated heterocycles. The Morgan fingerprint density at radius 3 is 2.28 bits per heavy atom. The van der Waals surface area contributed by atoms with Crippen molar-refractivity contribution >= 4 is 23.5 Å². The van der Waals surface area contributed by atoms with Crippen molar-refractivity contribution in [3.05, 3.63) is 52.3 Å². The molecule has 2 aromatic rings. The maximum atomic E-state index is 12.7. The monoisotopic (exact) mass is 361 g/mol. The summed E-state index contributed by atoms with van der Waals surface area (Å²) in [6.45, 7) is 2.51. The lowest BCUT2D eigenvalue weighted by Gasteiger charge is -2.39. The Kier molecular flexibility index (Phi) is 4.56. The molecule has 1 aromatic carbocycles. The van der Waals surface area contributed by atoms with Gasteiger partial charge in [0.1, 0.15) is 0 Å². The zero-order valence-electron chi connectivity index (χ0n) is 14.2. The van der Waals surface area contributed by atoms with Crippen LogP contribution >= 0.6 is 11.6 Å². The van der Waals surface area contributed by atoms with Crippen molar-refractivity contribution in [1.82, 2.24) is 14.7 Å². The largest absolute Gasteiger partial charge is 0.481 e. The maximum absolute atomic E-state index is 12.7. The average molecular weight is 362 g/mol. The number of benzene rings is 1. The molecular formula is C18H20ClN3O3. The number of carbonyl (C=O) groups is 2. The molecule has 1 N–H and O–H groups in total. The van der Waals surface area contributed by atoms with Gasteiger partial charge in [-0.25, -0.2) is 0 Å². The minimum absolute atomic E-state index is 0.226. The molecule has 1 amide bonds. The number of piperidine rings is 1. The summed E-state index contributed by atoms with van der Waals surface area (Å²) in [5.74, 6) is -1.10. The normalized spacial score (nSPS) is 16.7. The number of carboxylic acids is 1. The van der Waals surface area contributed by atoms with Gasteiger partial charge in [0.2, 0.25) is 0 Å². The predicted octanol–water partition coefficient (Wildman–Crippen LogP) is 2.64. The van der Waals surface area contributed by atoms with Gasteiger partial charge in [-0.1, -0.05) is 41.9 Å². The van der Waals surface area contributed by atoms with Gasteiger partial charge in [-0.15, -0.1) is 0 Å². The van der Waals surface area contributed by atoms with Crippen LogP contribution in [0.25, 0.3) is 0 Å². The molecule has 0 unspecified atom stereocenters. The Bertz CT molecular complexity index is 808. The summed E-state index contributed by atoms with van der Waals surface area (Å²) < 4.78 is 1.57. The molecule has 25 heavy (non-hydrogen) atoms. The van der Waals surface area contributed by atoms with Crippen LogP contribution in [0.15, 0.2) is 30.3 Å². The Labute approximate surface area is 151 Å². The van der Waals surface area contributed by atoms with Crippen LogP contribution in [-0.2, 0) is 17.3 Å². The zero-order chi connectivity index (χ0) is 18.2. The number of aromatic nitrogens is 2. The number of aryl methyl sites for hydroxylation is 1. The van der Waals surface area contributed by atoms with Crippen LogP contribution in [0.5, 0.6) is 0 Å². The molecule has 0 saturated carbocycles. The van der Waals surface area contributed by atoms with Gasteiger partial charge < -0.3 is 10.0 Å². The van der Waals surface area contributed by atoms with E-state index in [1.807, 2.05) is 30.3 Å². The summed E-state index contributed by atoms with van der Waals surface area (Å²) in [5, 5.41) is 14.4. The molecule has 3 rings (SSSR count). The number of likely N-dealkylation sites (tertiary alicyclic amines) is 1. The van der Waals surface area contributed by atoms with Gasteiger partial charge in [0.15, 0.2) is 5.69 Å². The molecule has 7 heteroatoms. The van der Waals surface area contributed by atoms with Crippen molar-refractivity contribution in [3.8, 4) is 0 Å². The molecule has 6 nitrogen and oxygen atoms in total. The van der Waals surface area contributed by atoms with Gasteiger partial charge in [-0.2, -0.15) is 5.10 Å². The quantitative estimate of drug-likeness (QED) is 0.911. The number of amides is 1. The van der Waals surface area contributed by atoms with Gasteiger partial charge >= 0.3 is 5.97 Å². The molecule has 0 bridgehead atoms. The van der Waals surface area contributed by atoms with Crippen molar-refractivity contribution in [2.24, 2.45) is 7.05 Å². The van der Waals surface area contributed by atoms with Crippen LogP contribution in [-0.4, -0.2) is 44.8 Å². The number of carboxylic acid groups (broad SMARTS) is 1. The van der Waals surface area contributed by atoms with E-state index in [0.717, 1.165) is 11.3 Å². The summed E-state index contributed by atoms with van der Waals surface area (Å²) in [5.41, 5.74) is 0.777. The van der Waals surface area contributed by atoms with Crippen molar-refractivity contribution in [2.45, 2.75) is 25.2 Å². The molecular weight excluding hydrogens is 342 g/mol. The zero-order valence-corrected chi connectivity index (χ0v) is 15.0. The van der Waals surface area contributed by atoms with E-state index in [-0.39, 0.29) is 11.6 Å². The third-order valence-electron chi connectivity index (χ3n) is 5.10. The Hall–Kier alpha value is -2.34. The van der Waals surface area contributed by atoms with E-state index in [9.17, 15) is 14.7 Å². The highest BCUT2D eigenvalue weighted by molar-refractivity contribution is 6.34. The van der Waals surface area contributed by atoms with E-state index in [1.165, 1.54) is 0 Å². The highest BCUT2D eigenvalue weighted by Gasteiger charge is 2.44. The highest BCUT2D eigenvalue weighted by Crippen LogP contribution is 2.36. The lowest BCUT2D eigenvalue weighted by Crippen LogP contribution is -2.49. The van der Waals surface area contributed by atoms with Crippen molar-refractivity contribution in [1.29, 1.82) is 0 Å². The van der Waals surface area contributed by atoms with Gasteiger partial charge in [0.05, 0.1) is 16.1 Å². The third-order valence-corrected chi connectivity index (χ3v) is 5.56. The molecule has 0 radical (unpaired) electrons. The lowest BCUT2D eigenvalue weighted by molar-refractivity contribution is -0.145. The Balaban J connectivity index is 1.81. The van der Waals surface area contributed by atoms with E-state index in [0.29, 0.717) is 31.0 Å². The highest BCUT2D eigenvalue weighted by atomic mass is 35.5. The van der Waals surface area contributed by atoms with Crippen molar-refractivity contribution in [2.75, 3.05) is 13.1 Å². The summed E-state index contributed by atoms with van der Waals surface area (Å²) in [6.07, 6.45) is 0.725. The number of carbonyl (C=O) groups excluding carboxylic acids is 1. The Morgan fingerprint density at radius 2 is 1.80 bits per heavy atom. The second-order valence-corrected chi connectivity index (χ2v) is 6.80. The Morgan fingerprint density at radius 1 is 1.20 bits per heavy atom. The number of hydrogen-bond donors (Lipinski definition) is 1. The first-order valence-electron chi connectivity index (χ1n) is 8.14. The number of nitrogens with zero attached hydrogens (tertiary/aromatic N) is 3. The van der Waals surface area contributed by atoms with Crippen LogP contribution in [0.2, 0.25) is 5.02 Å². The summed E-state index contributed by atoms with van der Waals surface area (Å²) in [6, 6.07) is 9.22. The fourth-order valence-corrected chi connectivity index (χ4v) is 3.58. The number of rotatable bonds is 3. The molecule has 132 valence electrons. The second-order valence-electron chi connectivity index (χ2n) is 6.42. The number of hydrogen-bond acceptors (Lipinski definition) is 3. The molecule has 0 spiro atoms. The summed E-state index contributed by atoms with van der Waals surface area (Å²) in [4.78, 5) is 26.3. The predicted molar refractivity (Wildman–Crippen MR) is 93.8 cm³/mol. The van der Waals surface area contributed by atoms with E-state index in [1.54, 1.807) is 23.6 Å². The molecule has 2 heterocycles. The molecule has 1 aliphatic rings. The maximum Gasteiger partial charge on any atom is 0.314 e. The van der Waals surface area contributed by atoms with Gasteiger partial charge in [0, 0.05) is 20.1 Å².